The van der Waals surface area contributed by atoms with Gasteiger partial charge in [-0.05, 0) is 150 Å². The summed E-state index contributed by atoms with van der Waals surface area (Å²) in [6, 6.07) is 31.8. The Labute approximate surface area is 292 Å². The van der Waals surface area contributed by atoms with Crippen LogP contribution in [0, 0.1) is 0 Å². The van der Waals surface area contributed by atoms with E-state index in [1.165, 1.54) is 24.3 Å². The zero-order valence-electron chi connectivity index (χ0n) is 26.4. The van der Waals surface area contributed by atoms with Crippen molar-refractivity contribution < 1.29 is 44.9 Å². The normalized spacial score (nSPS) is 12.1. The number of fused-ring (bicyclic) bond motifs is 3. The molecule has 1 aliphatic rings. The van der Waals surface area contributed by atoms with E-state index >= 15 is 0 Å². The molecule has 6 N–H and O–H groups in total. The van der Waals surface area contributed by atoms with Crippen molar-refractivity contribution in [2.24, 2.45) is 0 Å². The molecule has 0 aliphatic heterocycles. The van der Waals surface area contributed by atoms with Gasteiger partial charge in [0.1, 0.15) is 55.8 Å². The van der Waals surface area contributed by atoms with Crippen molar-refractivity contribution in [3.05, 3.63) is 132 Å². The van der Waals surface area contributed by atoms with Crippen molar-refractivity contribution in [1.82, 2.24) is 0 Å². The first-order valence-electron chi connectivity index (χ1n) is 15.2. The van der Waals surface area contributed by atoms with Gasteiger partial charge in [-0.25, -0.2) is 0 Å². The van der Waals surface area contributed by atoms with E-state index in [1.807, 2.05) is 0 Å². The van der Waals surface area contributed by atoms with E-state index in [0.717, 1.165) is 0 Å². The Kier molecular flexibility index (Phi) is 8.52. The molecule has 1 aliphatic carbocycles. The van der Waals surface area contributed by atoms with E-state index in [4.69, 9.17) is 30.4 Å². The van der Waals surface area contributed by atoms with Crippen LogP contribution in [0.3, 0.4) is 0 Å². The highest BCUT2D eigenvalue weighted by Gasteiger charge is 2.30. The first-order chi connectivity index (χ1) is 24.3. The van der Waals surface area contributed by atoms with Crippen LogP contribution in [-0.2, 0) is 26.7 Å². The second-order valence-corrected chi connectivity index (χ2v) is 14.3. The second-order valence-electron chi connectivity index (χ2n) is 11.5. The Morgan fingerprint density at radius 1 is 0.431 bits per heavy atom. The fourth-order valence-electron chi connectivity index (χ4n) is 5.52. The standard InChI is InChI=1S/C37H28N2O10S2/c38-24-1-5-26(6-2-24)46-28-9-13-30(14-10-28)48-34-18-22-17-23-19-35(37(51(43,44)45)21-33(23)32(22)20-36(34)50(40,41)42)49-31-15-11-29(12-16-31)47-27-7-3-25(39)4-8-27/h1-16,18-21H,17,38-39H2,(H,40,41,42)(H,43,44,45). The van der Waals surface area contributed by atoms with Crippen LogP contribution < -0.4 is 30.4 Å². The van der Waals surface area contributed by atoms with Crippen LogP contribution in [0.15, 0.2) is 131 Å². The molecule has 0 amide bonds. The summed E-state index contributed by atoms with van der Waals surface area (Å²) in [5, 5.41) is 0. The average Bonchev–Trinajstić information content (AvgIpc) is 3.43. The quantitative estimate of drug-likeness (QED) is 0.0782. The number of hydrogen-bond acceptors (Lipinski definition) is 10. The summed E-state index contributed by atoms with van der Waals surface area (Å²) in [5.74, 6) is 2.32. The molecule has 0 aromatic heterocycles. The predicted octanol–water partition coefficient (Wildman–Crippen LogP) is 8.08. The van der Waals surface area contributed by atoms with Crippen molar-refractivity contribution >= 4 is 31.6 Å². The van der Waals surface area contributed by atoms with Gasteiger partial charge in [0.05, 0.1) is 0 Å². The third-order valence-electron chi connectivity index (χ3n) is 7.90. The predicted molar refractivity (Wildman–Crippen MR) is 189 cm³/mol. The lowest BCUT2D eigenvalue weighted by molar-refractivity contribution is 0.445. The summed E-state index contributed by atoms with van der Waals surface area (Å²) in [6.07, 6.45) is 0.234. The first kappa shape index (κ1) is 33.4. The van der Waals surface area contributed by atoms with Gasteiger partial charge in [0.2, 0.25) is 0 Å². The lowest BCUT2D eigenvalue weighted by Gasteiger charge is -2.14. The van der Waals surface area contributed by atoms with Gasteiger partial charge in [0.15, 0.2) is 0 Å². The minimum atomic E-state index is -4.81. The third kappa shape index (κ3) is 7.44. The van der Waals surface area contributed by atoms with Gasteiger partial charge in [0.25, 0.3) is 20.2 Å². The van der Waals surface area contributed by atoms with Gasteiger partial charge in [-0.3, -0.25) is 9.11 Å². The van der Waals surface area contributed by atoms with Gasteiger partial charge in [-0.15, -0.1) is 0 Å². The fourth-order valence-corrected chi connectivity index (χ4v) is 6.76. The van der Waals surface area contributed by atoms with Crippen molar-refractivity contribution in [2.45, 2.75) is 16.2 Å². The molecule has 0 spiro atoms. The summed E-state index contributed by atoms with van der Waals surface area (Å²) in [6.45, 7) is 0. The van der Waals surface area contributed by atoms with Gasteiger partial charge >= 0.3 is 0 Å². The highest BCUT2D eigenvalue weighted by atomic mass is 32.2. The summed E-state index contributed by atoms with van der Waals surface area (Å²) >= 11 is 0. The van der Waals surface area contributed by atoms with Gasteiger partial charge in [-0.1, -0.05) is 0 Å². The SMILES string of the molecule is Nc1ccc(Oc2ccc(Oc3cc4c(cc3S(=O)(=O)O)-c3cc(S(=O)(=O)O)c(Oc5ccc(Oc6ccc(N)cc6)cc5)cc3C4)cc2)cc1. The lowest BCUT2D eigenvalue weighted by Crippen LogP contribution is -2.03. The van der Waals surface area contributed by atoms with Crippen LogP contribution in [0.5, 0.6) is 46.0 Å². The van der Waals surface area contributed by atoms with Gasteiger partial charge < -0.3 is 30.4 Å². The molecule has 6 aromatic carbocycles. The third-order valence-corrected chi connectivity index (χ3v) is 9.65. The molecule has 7 rings (SSSR count). The maximum Gasteiger partial charge on any atom is 0.298 e. The highest BCUT2D eigenvalue weighted by Crippen LogP contribution is 2.46. The summed E-state index contributed by atoms with van der Waals surface area (Å²) < 4.78 is 93.9. The highest BCUT2D eigenvalue weighted by molar-refractivity contribution is 7.86. The maximum absolute atomic E-state index is 12.5. The molecule has 0 fully saturated rings. The Bertz CT molecular complexity index is 2310. The number of hydrogen-bond donors (Lipinski definition) is 4. The molecule has 0 saturated heterocycles. The number of ether oxygens (including phenoxy) is 4. The Morgan fingerprint density at radius 2 is 0.706 bits per heavy atom. The minimum Gasteiger partial charge on any atom is -0.457 e. The number of anilines is 2. The molecule has 0 radical (unpaired) electrons. The van der Waals surface area contributed by atoms with Crippen LogP contribution in [-0.4, -0.2) is 25.9 Å². The van der Waals surface area contributed by atoms with Crippen LogP contribution in [0.2, 0.25) is 0 Å². The molecule has 51 heavy (non-hydrogen) atoms. The summed E-state index contributed by atoms with van der Waals surface area (Å²) in [7, 11) is -9.62. The molecule has 0 heterocycles. The zero-order chi connectivity index (χ0) is 35.9. The van der Waals surface area contributed by atoms with E-state index in [-0.39, 0.29) is 29.4 Å². The van der Waals surface area contributed by atoms with E-state index < -0.39 is 30.0 Å². The average molecular weight is 725 g/mol. The molecule has 6 aromatic rings. The van der Waals surface area contributed by atoms with Crippen molar-refractivity contribution in [2.75, 3.05) is 11.5 Å². The molecule has 12 nitrogen and oxygen atoms in total. The van der Waals surface area contributed by atoms with Crippen molar-refractivity contribution in [3.8, 4) is 57.1 Å². The molecule has 258 valence electrons. The zero-order valence-corrected chi connectivity index (χ0v) is 28.0. The Hall–Kier alpha value is -6.06. The second kappa shape index (κ2) is 13.0. The molecule has 14 heteroatoms. The molecule has 0 bridgehead atoms. The van der Waals surface area contributed by atoms with Crippen LogP contribution in [0.4, 0.5) is 11.4 Å². The summed E-state index contributed by atoms with van der Waals surface area (Å²) in [5.41, 5.74) is 14.5. The number of benzene rings is 6. The van der Waals surface area contributed by atoms with Crippen LogP contribution >= 0.6 is 0 Å². The van der Waals surface area contributed by atoms with Gasteiger partial charge in [0, 0.05) is 11.4 Å². The number of nitrogen functional groups attached to an aromatic ring is 2. The van der Waals surface area contributed by atoms with Crippen molar-refractivity contribution in [3.63, 3.8) is 0 Å². The van der Waals surface area contributed by atoms with Crippen LogP contribution in [0.25, 0.3) is 11.1 Å². The van der Waals surface area contributed by atoms with E-state index in [1.54, 1.807) is 97.1 Å². The topological polar surface area (TPSA) is 198 Å². The molecule has 0 saturated carbocycles. The molecule has 0 atom stereocenters. The van der Waals surface area contributed by atoms with E-state index in [0.29, 0.717) is 56.6 Å². The monoisotopic (exact) mass is 724 g/mol. The Balaban J connectivity index is 1.16. The Morgan fingerprint density at radius 3 is 1.00 bits per heavy atom. The maximum atomic E-state index is 12.5. The minimum absolute atomic E-state index is 0.149. The van der Waals surface area contributed by atoms with E-state index in [9.17, 15) is 25.9 Å². The smallest absolute Gasteiger partial charge is 0.298 e. The van der Waals surface area contributed by atoms with Crippen LogP contribution in [0.1, 0.15) is 11.1 Å². The molecular weight excluding hydrogens is 697 g/mol. The van der Waals surface area contributed by atoms with Gasteiger partial charge in [-0.2, -0.15) is 16.8 Å². The lowest BCUT2D eigenvalue weighted by atomic mass is 10.1. The largest absolute Gasteiger partial charge is 0.457 e. The number of nitrogens with two attached hydrogens (primary N) is 2. The first-order valence-corrected chi connectivity index (χ1v) is 18.1. The molecule has 0 unspecified atom stereocenters. The van der Waals surface area contributed by atoms with E-state index in [2.05, 4.69) is 0 Å². The van der Waals surface area contributed by atoms with Crippen molar-refractivity contribution in [1.29, 1.82) is 0 Å². The fraction of sp³-hybridized carbons (Fsp3) is 0.0270. The molecular formula is C37H28N2O10S2. The summed E-state index contributed by atoms with van der Waals surface area (Å²) in [4.78, 5) is -1.07. The number of rotatable bonds is 10.